The first kappa shape index (κ1) is 14.7. The van der Waals surface area contributed by atoms with Gasteiger partial charge in [-0.15, -0.1) is 0 Å². The van der Waals surface area contributed by atoms with Gasteiger partial charge in [0.15, 0.2) is 0 Å². The molecule has 0 bridgehead atoms. The fraction of sp³-hybridized carbons (Fsp3) is 0.333. The molecule has 4 heterocycles. The van der Waals surface area contributed by atoms with E-state index in [9.17, 15) is 0 Å². The maximum atomic E-state index is 6.11. The molecular weight excluding hydrogens is 308 g/mol. The minimum Gasteiger partial charge on any atom is -0.314 e. The zero-order chi connectivity index (χ0) is 15.6. The summed E-state index contributed by atoms with van der Waals surface area (Å²) in [7, 11) is 0. The van der Waals surface area contributed by atoms with Crippen molar-refractivity contribution < 1.29 is 0 Å². The highest BCUT2D eigenvalue weighted by molar-refractivity contribution is 6.30. The third-order valence-electron chi connectivity index (χ3n) is 4.45. The van der Waals surface area contributed by atoms with Crippen molar-refractivity contribution in [2.75, 3.05) is 6.54 Å². The average molecular weight is 327 g/mol. The molecular formula is C18H19ClN4. The van der Waals surface area contributed by atoms with Crippen molar-refractivity contribution in [1.29, 1.82) is 0 Å². The first-order valence-corrected chi connectivity index (χ1v) is 8.50. The Morgan fingerprint density at radius 2 is 2.22 bits per heavy atom. The molecule has 5 heteroatoms. The molecule has 1 aliphatic rings. The van der Waals surface area contributed by atoms with Crippen molar-refractivity contribution in [2.45, 2.75) is 31.7 Å². The summed E-state index contributed by atoms with van der Waals surface area (Å²) >= 11 is 6.11. The van der Waals surface area contributed by atoms with Crippen LogP contribution < -0.4 is 5.32 Å². The van der Waals surface area contributed by atoms with Crippen LogP contribution in [0.25, 0.3) is 17.0 Å². The normalized spacial score (nSPS) is 17.9. The molecule has 0 amide bonds. The van der Waals surface area contributed by atoms with Gasteiger partial charge < -0.3 is 5.32 Å². The lowest BCUT2D eigenvalue weighted by Gasteiger charge is -2.10. The number of pyridine rings is 2. The summed E-state index contributed by atoms with van der Waals surface area (Å²) in [5.74, 6) is 0. The molecule has 3 aromatic rings. The number of nitrogens with one attached hydrogen (secondary N) is 1. The van der Waals surface area contributed by atoms with E-state index in [4.69, 9.17) is 16.6 Å². The number of hydrogen-bond acceptors (Lipinski definition) is 3. The number of imidazole rings is 1. The molecule has 4 nitrogen and oxygen atoms in total. The lowest BCUT2D eigenvalue weighted by molar-refractivity contribution is 0.555. The monoisotopic (exact) mass is 326 g/mol. The van der Waals surface area contributed by atoms with Gasteiger partial charge in [-0.1, -0.05) is 17.7 Å². The number of hydrogen-bond donors (Lipinski definition) is 1. The molecule has 0 radical (unpaired) electrons. The largest absolute Gasteiger partial charge is 0.314 e. The Balaban J connectivity index is 1.60. The smallest absolute Gasteiger partial charge is 0.137 e. The molecule has 1 N–H and O–H groups in total. The standard InChI is InChI=1S/C18H19ClN4/c19-13-6-9-18-21-11-17(23(18)12-13)16-5-1-3-15(22-16)8-7-14-4-2-10-20-14/h1,3,5-6,9,11-12,14,20H,2,4,7-8,10H2. The van der Waals surface area contributed by atoms with Gasteiger partial charge in [0.05, 0.1) is 22.6 Å². The Kier molecular flexibility index (Phi) is 4.02. The number of rotatable bonds is 4. The van der Waals surface area contributed by atoms with Crippen LogP contribution in [0.5, 0.6) is 0 Å². The van der Waals surface area contributed by atoms with Crippen LogP contribution in [0.2, 0.25) is 5.02 Å². The summed E-state index contributed by atoms with van der Waals surface area (Å²) in [5.41, 5.74) is 3.93. The van der Waals surface area contributed by atoms with E-state index in [1.165, 1.54) is 12.8 Å². The second kappa shape index (κ2) is 6.30. The first-order chi connectivity index (χ1) is 11.3. The Hall–Kier alpha value is -1.91. The lowest BCUT2D eigenvalue weighted by atomic mass is 10.1. The Bertz CT molecular complexity index is 821. The topological polar surface area (TPSA) is 42.2 Å². The predicted octanol–water partition coefficient (Wildman–Crippen LogP) is 3.73. The SMILES string of the molecule is Clc1ccc2ncc(-c3cccc(CCC4CCCN4)n3)n2c1. The fourth-order valence-electron chi connectivity index (χ4n) is 3.23. The van der Waals surface area contributed by atoms with Crippen molar-refractivity contribution in [1.82, 2.24) is 19.7 Å². The van der Waals surface area contributed by atoms with E-state index in [-0.39, 0.29) is 0 Å². The maximum Gasteiger partial charge on any atom is 0.137 e. The van der Waals surface area contributed by atoms with Crippen molar-refractivity contribution >= 4 is 17.2 Å². The van der Waals surface area contributed by atoms with Gasteiger partial charge >= 0.3 is 0 Å². The van der Waals surface area contributed by atoms with E-state index in [1.54, 1.807) is 0 Å². The van der Waals surface area contributed by atoms with Crippen LogP contribution in [0, 0.1) is 0 Å². The molecule has 1 fully saturated rings. The van der Waals surface area contributed by atoms with Gasteiger partial charge in [-0.2, -0.15) is 0 Å². The van der Waals surface area contributed by atoms with E-state index < -0.39 is 0 Å². The van der Waals surface area contributed by atoms with E-state index in [0.29, 0.717) is 11.1 Å². The zero-order valence-corrected chi connectivity index (χ0v) is 13.6. The second-order valence-electron chi connectivity index (χ2n) is 6.07. The van der Waals surface area contributed by atoms with Gasteiger partial charge in [0.25, 0.3) is 0 Å². The summed E-state index contributed by atoms with van der Waals surface area (Å²) < 4.78 is 1.99. The van der Waals surface area contributed by atoms with Crippen molar-refractivity contribution in [2.24, 2.45) is 0 Å². The highest BCUT2D eigenvalue weighted by Crippen LogP contribution is 2.22. The highest BCUT2D eigenvalue weighted by Gasteiger charge is 2.14. The number of aromatic nitrogens is 3. The molecule has 0 aromatic carbocycles. The average Bonchev–Trinajstić information content (AvgIpc) is 3.22. The maximum absolute atomic E-state index is 6.11. The predicted molar refractivity (Wildman–Crippen MR) is 92.8 cm³/mol. The molecule has 0 saturated carbocycles. The van der Waals surface area contributed by atoms with Crippen LogP contribution in [-0.4, -0.2) is 27.0 Å². The Morgan fingerprint density at radius 1 is 1.26 bits per heavy atom. The van der Waals surface area contributed by atoms with Crippen molar-refractivity contribution in [3.8, 4) is 11.4 Å². The number of nitrogens with zero attached hydrogens (tertiary/aromatic N) is 3. The van der Waals surface area contributed by atoms with Gasteiger partial charge in [-0.3, -0.25) is 9.38 Å². The molecule has 3 aromatic heterocycles. The lowest BCUT2D eigenvalue weighted by Crippen LogP contribution is -2.21. The third kappa shape index (κ3) is 3.09. The molecule has 1 unspecified atom stereocenters. The van der Waals surface area contributed by atoms with Crippen LogP contribution in [0.3, 0.4) is 0 Å². The molecule has 118 valence electrons. The van der Waals surface area contributed by atoms with Gasteiger partial charge in [-0.25, -0.2) is 4.98 Å². The molecule has 1 aliphatic heterocycles. The highest BCUT2D eigenvalue weighted by atomic mass is 35.5. The Labute approximate surface area is 140 Å². The quantitative estimate of drug-likeness (QED) is 0.794. The summed E-state index contributed by atoms with van der Waals surface area (Å²) in [4.78, 5) is 9.25. The number of halogens is 1. The van der Waals surface area contributed by atoms with E-state index >= 15 is 0 Å². The molecule has 0 spiro atoms. The fourth-order valence-corrected chi connectivity index (χ4v) is 3.39. The minimum atomic E-state index is 0.648. The summed E-state index contributed by atoms with van der Waals surface area (Å²) in [6, 6.07) is 10.6. The Morgan fingerprint density at radius 3 is 3.09 bits per heavy atom. The molecule has 0 aliphatic carbocycles. The minimum absolute atomic E-state index is 0.648. The van der Waals surface area contributed by atoms with Crippen molar-refractivity contribution in [3.63, 3.8) is 0 Å². The van der Waals surface area contributed by atoms with Gasteiger partial charge in [0.2, 0.25) is 0 Å². The third-order valence-corrected chi connectivity index (χ3v) is 4.67. The van der Waals surface area contributed by atoms with Gasteiger partial charge in [0, 0.05) is 17.9 Å². The van der Waals surface area contributed by atoms with Gasteiger partial charge in [0.1, 0.15) is 5.65 Å². The van der Waals surface area contributed by atoms with Crippen LogP contribution in [0.15, 0.2) is 42.7 Å². The number of aryl methyl sites for hydroxylation is 1. The van der Waals surface area contributed by atoms with Gasteiger partial charge in [-0.05, 0) is 56.5 Å². The van der Waals surface area contributed by atoms with Crippen molar-refractivity contribution in [3.05, 3.63) is 53.4 Å². The van der Waals surface area contributed by atoms with E-state index in [0.717, 1.165) is 42.1 Å². The zero-order valence-electron chi connectivity index (χ0n) is 12.9. The summed E-state index contributed by atoms with van der Waals surface area (Å²) in [6.45, 7) is 1.15. The van der Waals surface area contributed by atoms with E-state index in [2.05, 4.69) is 22.4 Å². The molecule has 1 saturated heterocycles. The molecule has 4 rings (SSSR count). The number of fused-ring (bicyclic) bond motifs is 1. The van der Waals surface area contributed by atoms with E-state index in [1.807, 2.05) is 35.0 Å². The summed E-state index contributed by atoms with van der Waals surface area (Å²) in [6.07, 6.45) is 8.47. The molecule has 23 heavy (non-hydrogen) atoms. The first-order valence-electron chi connectivity index (χ1n) is 8.12. The van der Waals surface area contributed by atoms with Crippen LogP contribution in [0.1, 0.15) is 25.0 Å². The second-order valence-corrected chi connectivity index (χ2v) is 6.50. The summed E-state index contributed by atoms with van der Waals surface area (Å²) in [5, 5.41) is 4.24. The van der Waals surface area contributed by atoms with Crippen LogP contribution in [0.4, 0.5) is 0 Å². The van der Waals surface area contributed by atoms with Crippen LogP contribution >= 0.6 is 11.6 Å². The molecule has 1 atom stereocenters. The van der Waals surface area contributed by atoms with Crippen LogP contribution in [-0.2, 0) is 6.42 Å².